The van der Waals surface area contributed by atoms with E-state index in [0.717, 1.165) is 22.1 Å². The van der Waals surface area contributed by atoms with Gasteiger partial charge in [0, 0.05) is 55.4 Å². The van der Waals surface area contributed by atoms with Gasteiger partial charge in [0.25, 0.3) is 5.56 Å². The Labute approximate surface area is 285 Å². The maximum Gasteiger partial charge on any atom is 0.332 e. The molecule has 2 aromatic carbocycles. The van der Waals surface area contributed by atoms with E-state index < -0.39 is 11.2 Å². The van der Waals surface area contributed by atoms with Crippen molar-refractivity contribution in [3.05, 3.63) is 90.8 Å². The van der Waals surface area contributed by atoms with Crippen LogP contribution in [0.25, 0.3) is 33.4 Å². The summed E-state index contributed by atoms with van der Waals surface area (Å²) in [6, 6.07) is 13.1. The van der Waals surface area contributed by atoms with Gasteiger partial charge in [0.15, 0.2) is 5.65 Å². The lowest BCUT2D eigenvalue weighted by Gasteiger charge is -2.30. The third-order valence-corrected chi connectivity index (χ3v) is 9.84. The molecule has 5 aromatic rings. The second-order valence-electron chi connectivity index (χ2n) is 12.0. The Morgan fingerprint density at radius 1 is 1.00 bits per heavy atom. The Bertz CT molecular complexity index is 2190. The van der Waals surface area contributed by atoms with Crippen molar-refractivity contribution in [2.45, 2.75) is 37.5 Å². The molecule has 0 saturated carbocycles. The summed E-state index contributed by atoms with van der Waals surface area (Å²) >= 11 is 14.1. The normalized spacial score (nSPS) is 19.0. The number of nitrogens with zero attached hydrogens (tertiary/aromatic N) is 5. The fourth-order valence-corrected chi connectivity index (χ4v) is 7.06. The molecule has 0 radical (unpaired) electrons. The average Bonchev–Trinajstić information content (AvgIpc) is 3.50. The molecular formula is C34H33Cl2N7O5. The maximum absolute atomic E-state index is 13.1. The predicted molar refractivity (Wildman–Crippen MR) is 184 cm³/mol. The van der Waals surface area contributed by atoms with Crippen molar-refractivity contribution in [3.63, 3.8) is 0 Å². The molecule has 14 heteroatoms. The molecule has 4 heterocycles. The molecule has 1 aliphatic carbocycles. The molecule has 3 aromatic heterocycles. The summed E-state index contributed by atoms with van der Waals surface area (Å²) in [4.78, 5) is 38.9. The van der Waals surface area contributed by atoms with E-state index >= 15 is 0 Å². The van der Waals surface area contributed by atoms with Gasteiger partial charge >= 0.3 is 5.69 Å². The van der Waals surface area contributed by atoms with Crippen molar-refractivity contribution in [3.8, 4) is 28.3 Å². The molecule has 3 N–H and O–H groups in total. The summed E-state index contributed by atoms with van der Waals surface area (Å²) in [5.74, 6) is 0.744. The van der Waals surface area contributed by atoms with Gasteiger partial charge in [-0.25, -0.2) is 19.7 Å². The first-order valence-corrected chi connectivity index (χ1v) is 16.2. The number of anilines is 2. The molecule has 0 spiro atoms. The highest BCUT2D eigenvalue weighted by Crippen LogP contribution is 2.43. The van der Waals surface area contributed by atoms with Gasteiger partial charge in [-0.15, -0.1) is 0 Å². The number of aryl methyl sites for hydroxylation is 1. The summed E-state index contributed by atoms with van der Waals surface area (Å²) in [6.07, 6.45) is 3.21. The molecule has 248 valence electrons. The van der Waals surface area contributed by atoms with Gasteiger partial charge in [0.05, 0.1) is 47.4 Å². The monoisotopic (exact) mass is 689 g/mol. The van der Waals surface area contributed by atoms with E-state index in [0.29, 0.717) is 70.1 Å². The Kier molecular flexibility index (Phi) is 8.69. The number of rotatable bonds is 7. The maximum atomic E-state index is 13.1. The number of nitrogens with one attached hydrogen (secondary N) is 1. The molecule has 7 rings (SSSR count). The highest BCUT2D eigenvalue weighted by Gasteiger charge is 2.32. The smallest absolute Gasteiger partial charge is 0.332 e. The van der Waals surface area contributed by atoms with Crippen LogP contribution in [0.1, 0.15) is 17.5 Å². The number of hydrogen-bond acceptors (Lipinski definition) is 10. The van der Waals surface area contributed by atoms with E-state index in [1.54, 1.807) is 20.2 Å². The number of pyridine rings is 1. The number of halogens is 2. The van der Waals surface area contributed by atoms with Crippen molar-refractivity contribution in [2.75, 3.05) is 25.6 Å². The van der Waals surface area contributed by atoms with Crippen LogP contribution < -0.4 is 27.0 Å². The van der Waals surface area contributed by atoms with Gasteiger partial charge in [0.1, 0.15) is 17.5 Å². The number of ether oxygens (including phenoxy) is 3. The molecule has 0 amide bonds. The zero-order valence-corrected chi connectivity index (χ0v) is 28.0. The number of methoxy groups -OCH3 is 1. The van der Waals surface area contributed by atoms with E-state index in [9.17, 15) is 9.59 Å². The number of fused-ring (bicyclic) bond motifs is 2. The van der Waals surface area contributed by atoms with Crippen LogP contribution in [0.15, 0.2) is 58.4 Å². The molecule has 12 nitrogen and oxygen atoms in total. The zero-order chi connectivity index (χ0) is 33.7. The lowest BCUT2D eigenvalue weighted by Crippen LogP contribution is -2.46. The van der Waals surface area contributed by atoms with E-state index in [4.69, 9.17) is 48.1 Å². The summed E-state index contributed by atoms with van der Waals surface area (Å²) in [5, 5.41) is 4.14. The average molecular weight is 691 g/mol. The van der Waals surface area contributed by atoms with Crippen molar-refractivity contribution in [1.82, 2.24) is 24.1 Å². The summed E-state index contributed by atoms with van der Waals surface area (Å²) in [6.45, 7) is 1.15. The molecule has 48 heavy (non-hydrogen) atoms. The standard InChI is InChI=1S/C34H33Cl2N7O5/c1-42-31-27(33(44)43(2)34(42)45)30(38-16-39-31)40-24-9-5-7-20(29(24)36)19-6-4-8-21(28(19)35)25-13-17-12-18(14-22(17)32(41-25)46-3)48-26-15-47-11-10-23(26)37/h4-9,13,16,18,23,26H,10-12,14-15,37H2,1-3H3,(H,38,39,40)/t18?,23-,26+/m1/s1. The first kappa shape index (κ1) is 32.2. The van der Waals surface area contributed by atoms with Crippen LogP contribution in [-0.4, -0.2) is 62.7 Å². The number of hydrogen-bond donors (Lipinski definition) is 2. The van der Waals surface area contributed by atoms with Crippen LogP contribution in [0.5, 0.6) is 5.88 Å². The first-order valence-electron chi connectivity index (χ1n) is 15.5. The lowest BCUT2D eigenvalue weighted by atomic mass is 9.99. The summed E-state index contributed by atoms with van der Waals surface area (Å²) in [7, 11) is 4.56. The third kappa shape index (κ3) is 5.63. The molecule has 1 unspecified atom stereocenters. The quantitative estimate of drug-likeness (QED) is 0.252. The van der Waals surface area contributed by atoms with Crippen LogP contribution in [0, 0.1) is 0 Å². The van der Waals surface area contributed by atoms with Crippen molar-refractivity contribution < 1.29 is 14.2 Å². The molecule has 3 atom stereocenters. The SMILES string of the molecule is COc1nc(-c2cccc(-c3cccc(Nc4ncnc5c4c(=O)n(C)c(=O)n5C)c3Cl)c2Cl)cc2c1CC(O[C@H]1COCC[C@H]1N)C2. The Balaban J connectivity index is 1.22. The van der Waals surface area contributed by atoms with Gasteiger partial charge in [-0.05, 0) is 30.5 Å². The summed E-state index contributed by atoms with van der Waals surface area (Å²) in [5.41, 5.74) is 10.8. The van der Waals surface area contributed by atoms with Crippen LogP contribution in [0.3, 0.4) is 0 Å². The van der Waals surface area contributed by atoms with Crippen LogP contribution in [-0.2, 0) is 36.4 Å². The molecule has 2 aliphatic rings. The van der Waals surface area contributed by atoms with E-state index in [-0.39, 0.29) is 35.1 Å². The molecule has 1 saturated heterocycles. The largest absolute Gasteiger partial charge is 0.481 e. The molecule has 0 bridgehead atoms. The number of benzene rings is 2. The van der Waals surface area contributed by atoms with Gasteiger partial charge in [-0.3, -0.25) is 13.9 Å². The number of nitrogens with two attached hydrogens (primary N) is 1. The molecular weight excluding hydrogens is 657 g/mol. The highest BCUT2D eigenvalue weighted by atomic mass is 35.5. The number of aromatic nitrogens is 5. The van der Waals surface area contributed by atoms with Crippen LogP contribution >= 0.6 is 23.2 Å². The Hall–Kier alpha value is -4.33. The summed E-state index contributed by atoms with van der Waals surface area (Å²) < 4.78 is 20.0. The third-order valence-electron chi connectivity index (χ3n) is 9.03. The minimum atomic E-state index is -0.527. The van der Waals surface area contributed by atoms with Crippen molar-refractivity contribution in [1.29, 1.82) is 0 Å². The van der Waals surface area contributed by atoms with E-state index in [2.05, 4.69) is 15.3 Å². The van der Waals surface area contributed by atoms with Crippen LogP contribution in [0.2, 0.25) is 10.0 Å². The topological polar surface area (TPSA) is 148 Å². The Morgan fingerprint density at radius 3 is 2.52 bits per heavy atom. The fraction of sp³-hybridized carbons (Fsp3) is 0.324. The zero-order valence-electron chi connectivity index (χ0n) is 26.5. The minimum absolute atomic E-state index is 0.0528. The van der Waals surface area contributed by atoms with Crippen molar-refractivity contribution >= 4 is 45.7 Å². The predicted octanol–water partition coefficient (Wildman–Crippen LogP) is 4.42. The van der Waals surface area contributed by atoms with Gasteiger partial charge < -0.3 is 25.3 Å². The van der Waals surface area contributed by atoms with Gasteiger partial charge in [0.2, 0.25) is 5.88 Å². The Morgan fingerprint density at radius 2 is 1.75 bits per heavy atom. The second kappa shape index (κ2) is 12.9. The lowest BCUT2D eigenvalue weighted by molar-refractivity contribution is -0.0901. The van der Waals surface area contributed by atoms with Crippen LogP contribution in [0.4, 0.5) is 11.5 Å². The van der Waals surface area contributed by atoms with Crippen molar-refractivity contribution in [2.24, 2.45) is 19.8 Å². The molecule has 1 fully saturated rings. The van der Waals surface area contributed by atoms with Gasteiger partial charge in [-0.1, -0.05) is 53.5 Å². The first-order chi connectivity index (χ1) is 23.2. The second-order valence-corrected chi connectivity index (χ2v) is 12.7. The fourth-order valence-electron chi connectivity index (χ4n) is 6.46. The van der Waals surface area contributed by atoms with Gasteiger partial charge in [-0.2, -0.15) is 0 Å². The highest BCUT2D eigenvalue weighted by molar-refractivity contribution is 6.39. The van der Waals surface area contributed by atoms with E-state index in [1.807, 2.05) is 36.4 Å². The van der Waals surface area contributed by atoms with E-state index in [1.165, 1.54) is 17.9 Å². The molecule has 1 aliphatic heterocycles. The minimum Gasteiger partial charge on any atom is -0.481 e.